The number of hydrogen-bond acceptors (Lipinski definition) is 3. The van der Waals surface area contributed by atoms with Crippen molar-refractivity contribution in [2.75, 3.05) is 11.9 Å². The number of carbonyl (C=O) groups excluding carboxylic acids is 2. The van der Waals surface area contributed by atoms with Crippen molar-refractivity contribution in [3.8, 4) is 0 Å². The molecular formula is C22H33N5O2. The summed E-state index contributed by atoms with van der Waals surface area (Å²) < 4.78 is 1.91. The molecule has 5 aliphatic carbocycles. The van der Waals surface area contributed by atoms with E-state index in [2.05, 4.69) is 28.0 Å². The summed E-state index contributed by atoms with van der Waals surface area (Å²) >= 11 is 0. The molecule has 5 fully saturated rings. The molecule has 1 aromatic heterocycles. The molecule has 158 valence electrons. The summed E-state index contributed by atoms with van der Waals surface area (Å²) in [6.07, 6.45) is 11.9. The molecule has 4 bridgehead atoms. The van der Waals surface area contributed by atoms with Crippen molar-refractivity contribution in [2.24, 2.45) is 23.7 Å². The number of urea groups is 1. The Balaban J connectivity index is 1.07. The molecule has 7 nitrogen and oxygen atoms in total. The molecule has 0 aliphatic heterocycles. The quantitative estimate of drug-likeness (QED) is 0.656. The van der Waals surface area contributed by atoms with Crippen LogP contribution in [0.15, 0.2) is 12.3 Å². The van der Waals surface area contributed by atoms with E-state index in [1.165, 1.54) is 32.1 Å². The zero-order chi connectivity index (χ0) is 20.0. The zero-order valence-electron chi connectivity index (χ0n) is 17.3. The third-order valence-electron chi connectivity index (χ3n) is 7.68. The molecule has 1 heterocycles. The van der Waals surface area contributed by atoms with Gasteiger partial charge in [0, 0.05) is 24.6 Å². The van der Waals surface area contributed by atoms with Gasteiger partial charge in [-0.25, -0.2) is 9.48 Å². The number of aromatic nitrogens is 2. The van der Waals surface area contributed by atoms with Crippen LogP contribution in [0, 0.1) is 23.7 Å². The lowest BCUT2D eigenvalue weighted by Crippen LogP contribution is -2.61. The Morgan fingerprint density at radius 2 is 1.83 bits per heavy atom. The third-order valence-corrected chi connectivity index (χ3v) is 7.68. The summed E-state index contributed by atoms with van der Waals surface area (Å²) in [6, 6.07) is 2.03. The Kier molecular flexibility index (Phi) is 4.79. The second kappa shape index (κ2) is 7.33. The molecule has 5 saturated carbocycles. The number of rotatable bonds is 7. The first-order chi connectivity index (χ1) is 14.0. The van der Waals surface area contributed by atoms with E-state index in [4.69, 9.17) is 0 Å². The van der Waals surface area contributed by atoms with E-state index in [0.717, 1.165) is 42.8 Å². The Labute approximate surface area is 172 Å². The van der Waals surface area contributed by atoms with Crippen LogP contribution >= 0.6 is 0 Å². The van der Waals surface area contributed by atoms with Crippen molar-refractivity contribution in [3.63, 3.8) is 0 Å². The smallest absolute Gasteiger partial charge is 0.315 e. The van der Waals surface area contributed by atoms with Gasteiger partial charge in [-0.05, 0) is 82.0 Å². The van der Waals surface area contributed by atoms with Gasteiger partial charge in [0.15, 0.2) is 0 Å². The highest BCUT2D eigenvalue weighted by atomic mass is 16.2. The summed E-state index contributed by atoms with van der Waals surface area (Å²) in [7, 11) is 0. The molecule has 1 unspecified atom stereocenters. The normalized spacial score (nSPS) is 33.3. The van der Waals surface area contributed by atoms with E-state index in [0.29, 0.717) is 18.5 Å². The molecule has 29 heavy (non-hydrogen) atoms. The average Bonchev–Trinajstić information content (AvgIpc) is 3.39. The number of nitrogens with zero attached hydrogens (tertiary/aromatic N) is 2. The summed E-state index contributed by atoms with van der Waals surface area (Å²) in [6.45, 7) is 2.49. The summed E-state index contributed by atoms with van der Waals surface area (Å²) in [5.74, 6) is 3.72. The van der Waals surface area contributed by atoms with E-state index < -0.39 is 0 Å². The average molecular weight is 400 g/mol. The number of hydrogen-bond donors (Lipinski definition) is 3. The third kappa shape index (κ3) is 4.01. The fourth-order valence-electron chi connectivity index (χ4n) is 6.56. The summed E-state index contributed by atoms with van der Waals surface area (Å²) in [5, 5.41) is 13.5. The Bertz CT molecular complexity index is 749. The summed E-state index contributed by atoms with van der Waals surface area (Å²) in [5.41, 5.74) is 0.00649. The fraction of sp³-hybridized carbons (Fsp3) is 0.773. The highest BCUT2D eigenvalue weighted by Gasteiger charge is 2.51. The van der Waals surface area contributed by atoms with Crippen molar-refractivity contribution < 1.29 is 9.59 Å². The lowest BCUT2D eigenvalue weighted by molar-refractivity contribution is -0.116. The van der Waals surface area contributed by atoms with Crippen LogP contribution in [0.4, 0.5) is 10.6 Å². The lowest BCUT2D eigenvalue weighted by atomic mass is 9.53. The molecule has 0 radical (unpaired) electrons. The van der Waals surface area contributed by atoms with Gasteiger partial charge in [-0.3, -0.25) is 4.79 Å². The van der Waals surface area contributed by atoms with Crippen molar-refractivity contribution in [1.82, 2.24) is 20.4 Å². The van der Waals surface area contributed by atoms with E-state index >= 15 is 0 Å². The highest BCUT2D eigenvalue weighted by molar-refractivity contribution is 5.90. The van der Waals surface area contributed by atoms with Gasteiger partial charge in [0.2, 0.25) is 5.91 Å². The minimum Gasteiger partial charge on any atom is -0.338 e. The van der Waals surface area contributed by atoms with Crippen LogP contribution in [0.2, 0.25) is 0 Å². The lowest BCUT2D eigenvalue weighted by Gasteiger charge is -2.56. The minimum atomic E-state index is -0.118. The largest absolute Gasteiger partial charge is 0.338 e. The standard InChI is InChI=1S/C22H33N5O2/c1-14(18-2-3-18)27-19(4-7-24-27)25-20(28)5-6-23-21(29)26-22-11-15-8-16(12-22)10-17(9-15)13-22/h4,7,14-18H,2-3,5-6,8-13H2,1H3,(H,25,28)(H2,23,26,29). The first-order valence-corrected chi connectivity index (χ1v) is 11.4. The molecule has 3 N–H and O–H groups in total. The predicted molar refractivity (Wildman–Crippen MR) is 110 cm³/mol. The molecule has 0 aromatic carbocycles. The van der Waals surface area contributed by atoms with Crippen LogP contribution in [-0.2, 0) is 4.79 Å². The van der Waals surface area contributed by atoms with Crippen LogP contribution < -0.4 is 16.0 Å². The van der Waals surface area contributed by atoms with Gasteiger partial charge in [0.1, 0.15) is 5.82 Å². The Morgan fingerprint density at radius 1 is 1.17 bits per heavy atom. The van der Waals surface area contributed by atoms with Gasteiger partial charge in [-0.1, -0.05) is 0 Å². The van der Waals surface area contributed by atoms with Gasteiger partial charge < -0.3 is 16.0 Å². The molecule has 5 aliphatic rings. The number of carbonyl (C=O) groups is 2. The van der Waals surface area contributed by atoms with Gasteiger partial charge in [-0.15, -0.1) is 0 Å². The van der Waals surface area contributed by atoms with E-state index in [9.17, 15) is 9.59 Å². The number of nitrogens with one attached hydrogen (secondary N) is 3. The van der Waals surface area contributed by atoms with Crippen LogP contribution in [0.1, 0.15) is 70.8 Å². The molecule has 6 rings (SSSR count). The van der Waals surface area contributed by atoms with Crippen molar-refractivity contribution in [2.45, 2.75) is 76.3 Å². The Hall–Kier alpha value is -2.05. The maximum Gasteiger partial charge on any atom is 0.315 e. The molecular weight excluding hydrogens is 366 g/mol. The first-order valence-electron chi connectivity index (χ1n) is 11.4. The van der Waals surface area contributed by atoms with E-state index in [-0.39, 0.29) is 23.9 Å². The second-order valence-electron chi connectivity index (χ2n) is 10.1. The van der Waals surface area contributed by atoms with Gasteiger partial charge in [0.25, 0.3) is 0 Å². The van der Waals surface area contributed by atoms with Gasteiger partial charge >= 0.3 is 6.03 Å². The molecule has 3 amide bonds. The highest BCUT2D eigenvalue weighted by Crippen LogP contribution is 2.55. The van der Waals surface area contributed by atoms with Gasteiger partial charge in [-0.2, -0.15) is 5.10 Å². The molecule has 0 saturated heterocycles. The second-order valence-corrected chi connectivity index (χ2v) is 10.1. The number of amides is 3. The predicted octanol–water partition coefficient (Wildman–Crippen LogP) is 3.45. The Morgan fingerprint density at radius 3 is 2.45 bits per heavy atom. The molecule has 1 atom stereocenters. The maximum atomic E-state index is 12.5. The van der Waals surface area contributed by atoms with Gasteiger partial charge in [0.05, 0.1) is 12.2 Å². The van der Waals surface area contributed by atoms with Crippen molar-refractivity contribution in [3.05, 3.63) is 12.3 Å². The maximum absolute atomic E-state index is 12.5. The fourth-order valence-corrected chi connectivity index (χ4v) is 6.56. The molecule has 7 heteroatoms. The minimum absolute atomic E-state index is 0.00649. The van der Waals surface area contributed by atoms with Crippen LogP contribution in [0.3, 0.4) is 0 Å². The first kappa shape index (κ1) is 18.9. The van der Waals surface area contributed by atoms with Crippen LogP contribution in [-0.4, -0.2) is 33.8 Å². The van der Waals surface area contributed by atoms with Crippen molar-refractivity contribution >= 4 is 17.8 Å². The zero-order valence-corrected chi connectivity index (χ0v) is 17.3. The SMILES string of the molecule is CC(C1CC1)n1nccc1NC(=O)CCNC(=O)NC12CC3CC(CC(C3)C1)C2. The topological polar surface area (TPSA) is 88.1 Å². The monoisotopic (exact) mass is 399 g/mol. The van der Waals surface area contributed by atoms with Crippen LogP contribution in [0.5, 0.6) is 0 Å². The van der Waals surface area contributed by atoms with E-state index in [1.54, 1.807) is 6.20 Å². The van der Waals surface area contributed by atoms with Crippen molar-refractivity contribution in [1.29, 1.82) is 0 Å². The van der Waals surface area contributed by atoms with E-state index in [1.807, 2.05) is 10.7 Å². The number of anilines is 1. The van der Waals surface area contributed by atoms with Crippen LogP contribution in [0.25, 0.3) is 0 Å². The molecule has 1 aromatic rings. The molecule has 0 spiro atoms. The summed E-state index contributed by atoms with van der Waals surface area (Å²) in [4.78, 5) is 24.8.